The lowest BCUT2D eigenvalue weighted by atomic mass is 10.2. The summed E-state index contributed by atoms with van der Waals surface area (Å²) in [6, 6.07) is 5.09. The molecule has 0 bridgehead atoms. The Morgan fingerprint density at radius 1 is 1.43 bits per heavy atom. The standard InChI is InChI=1S/C10H13ClFNS/c11-9-4-1-3-8(10(9)12)7-14-6-2-5-13/h1,3-4H,2,5-7,13H2. The van der Waals surface area contributed by atoms with E-state index in [0.29, 0.717) is 17.9 Å². The molecule has 0 spiro atoms. The molecule has 0 saturated carbocycles. The molecule has 0 amide bonds. The molecular formula is C10H13ClFNS. The van der Waals surface area contributed by atoms with Crippen molar-refractivity contribution in [2.24, 2.45) is 5.73 Å². The average Bonchev–Trinajstić information content (AvgIpc) is 2.19. The summed E-state index contributed by atoms with van der Waals surface area (Å²) in [6.45, 7) is 0.686. The fourth-order valence-electron chi connectivity index (χ4n) is 1.03. The molecule has 0 aromatic heterocycles. The van der Waals surface area contributed by atoms with E-state index in [-0.39, 0.29) is 10.8 Å². The Kier molecular flexibility index (Phi) is 5.30. The van der Waals surface area contributed by atoms with Crippen LogP contribution >= 0.6 is 23.4 Å². The lowest BCUT2D eigenvalue weighted by molar-refractivity contribution is 0.618. The van der Waals surface area contributed by atoms with Crippen LogP contribution in [0.1, 0.15) is 12.0 Å². The van der Waals surface area contributed by atoms with E-state index < -0.39 is 0 Å². The lowest BCUT2D eigenvalue weighted by Gasteiger charge is -2.03. The minimum atomic E-state index is -0.297. The van der Waals surface area contributed by atoms with Crippen molar-refractivity contribution < 1.29 is 4.39 Å². The molecule has 0 aliphatic carbocycles. The number of nitrogens with two attached hydrogens (primary N) is 1. The molecule has 14 heavy (non-hydrogen) atoms. The third-order valence-electron chi connectivity index (χ3n) is 1.78. The summed E-state index contributed by atoms with van der Waals surface area (Å²) in [5, 5.41) is 0.196. The van der Waals surface area contributed by atoms with Crippen molar-refractivity contribution in [3.63, 3.8) is 0 Å². The average molecular weight is 234 g/mol. The van der Waals surface area contributed by atoms with Gasteiger partial charge in [-0.2, -0.15) is 11.8 Å². The van der Waals surface area contributed by atoms with Crippen molar-refractivity contribution in [2.75, 3.05) is 12.3 Å². The van der Waals surface area contributed by atoms with E-state index in [1.54, 1.807) is 30.0 Å². The Morgan fingerprint density at radius 3 is 2.93 bits per heavy atom. The van der Waals surface area contributed by atoms with Crippen LogP contribution in [0.4, 0.5) is 4.39 Å². The van der Waals surface area contributed by atoms with E-state index in [4.69, 9.17) is 17.3 Å². The first-order valence-electron chi connectivity index (χ1n) is 4.46. The van der Waals surface area contributed by atoms with Gasteiger partial charge in [-0.15, -0.1) is 0 Å². The third-order valence-corrected chi connectivity index (χ3v) is 3.17. The highest BCUT2D eigenvalue weighted by Crippen LogP contribution is 2.21. The van der Waals surface area contributed by atoms with Gasteiger partial charge in [-0.3, -0.25) is 0 Å². The minimum absolute atomic E-state index is 0.196. The maximum absolute atomic E-state index is 13.3. The molecule has 1 rings (SSSR count). The van der Waals surface area contributed by atoms with Crippen LogP contribution in [0.15, 0.2) is 18.2 Å². The number of thioether (sulfide) groups is 1. The fourth-order valence-corrected chi connectivity index (χ4v) is 2.18. The van der Waals surface area contributed by atoms with Gasteiger partial charge in [0.05, 0.1) is 5.02 Å². The minimum Gasteiger partial charge on any atom is -0.330 e. The van der Waals surface area contributed by atoms with Gasteiger partial charge in [0.15, 0.2) is 0 Å². The van der Waals surface area contributed by atoms with Crippen molar-refractivity contribution in [3.05, 3.63) is 34.6 Å². The van der Waals surface area contributed by atoms with Crippen molar-refractivity contribution >= 4 is 23.4 Å². The van der Waals surface area contributed by atoms with E-state index in [1.807, 2.05) is 0 Å². The predicted octanol–water partition coefficient (Wildman–Crippen LogP) is 3.06. The van der Waals surface area contributed by atoms with Crippen LogP contribution in [0.2, 0.25) is 5.02 Å². The van der Waals surface area contributed by atoms with E-state index in [2.05, 4.69) is 0 Å². The van der Waals surface area contributed by atoms with Crippen LogP contribution in [0, 0.1) is 5.82 Å². The zero-order valence-electron chi connectivity index (χ0n) is 7.80. The van der Waals surface area contributed by atoms with E-state index in [1.165, 1.54) is 0 Å². The summed E-state index contributed by atoms with van der Waals surface area (Å²) in [5.74, 6) is 1.32. The molecule has 1 nitrogen and oxygen atoms in total. The highest BCUT2D eigenvalue weighted by Gasteiger charge is 2.05. The lowest BCUT2D eigenvalue weighted by Crippen LogP contribution is -1.99. The van der Waals surface area contributed by atoms with Gasteiger partial charge in [-0.25, -0.2) is 4.39 Å². The maximum atomic E-state index is 13.3. The van der Waals surface area contributed by atoms with Gasteiger partial charge in [0.1, 0.15) is 5.82 Å². The summed E-state index contributed by atoms with van der Waals surface area (Å²) < 4.78 is 13.3. The zero-order valence-corrected chi connectivity index (χ0v) is 9.37. The van der Waals surface area contributed by atoms with Gasteiger partial charge in [-0.1, -0.05) is 23.7 Å². The second kappa shape index (κ2) is 6.27. The molecule has 0 radical (unpaired) electrons. The first kappa shape index (κ1) is 11.8. The Bertz CT molecular complexity index is 293. The summed E-state index contributed by atoms with van der Waals surface area (Å²) in [4.78, 5) is 0. The first-order valence-corrected chi connectivity index (χ1v) is 5.99. The van der Waals surface area contributed by atoms with Gasteiger partial charge in [0.25, 0.3) is 0 Å². The summed E-state index contributed by atoms with van der Waals surface area (Å²) in [7, 11) is 0. The van der Waals surface area contributed by atoms with Crippen LogP contribution in [0.25, 0.3) is 0 Å². The SMILES string of the molecule is NCCCSCc1cccc(Cl)c1F. The second-order valence-electron chi connectivity index (χ2n) is 2.91. The molecule has 1 aromatic rings. The van der Waals surface area contributed by atoms with Crippen LogP contribution in [0.3, 0.4) is 0 Å². The van der Waals surface area contributed by atoms with Crippen LogP contribution in [-0.4, -0.2) is 12.3 Å². The Morgan fingerprint density at radius 2 is 2.21 bits per heavy atom. The number of rotatable bonds is 5. The maximum Gasteiger partial charge on any atom is 0.145 e. The van der Waals surface area contributed by atoms with Gasteiger partial charge >= 0.3 is 0 Å². The van der Waals surface area contributed by atoms with E-state index in [9.17, 15) is 4.39 Å². The van der Waals surface area contributed by atoms with E-state index in [0.717, 1.165) is 12.2 Å². The third kappa shape index (κ3) is 3.48. The molecule has 0 aliphatic heterocycles. The number of hydrogen-bond acceptors (Lipinski definition) is 2. The largest absolute Gasteiger partial charge is 0.330 e. The molecule has 0 atom stereocenters. The van der Waals surface area contributed by atoms with Gasteiger partial charge in [-0.05, 0) is 30.3 Å². The number of halogens is 2. The fraction of sp³-hybridized carbons (Fsp3) is 0.400. The molecule has 0 saturated heterocycles. The molecule has 0 unspecified atom stereocenters. The molecule has 2 N–H and O–H groups in total. The van der Waals surface area contributed by atoms with Crippen molar-refractivity contribution in [1.82, 2.24) is 0 Å². The predicted molar refractivity (Wildman–Crippen MR) is 61.2 cm³/mol. The molecule has 0 fully saturated rings. The van der Waals surface area contributed by atoms with Crippen molar-refractivity contribution in [2.45, 2.75) is 12.2 Å². The smallest absolute Gasteiger partial charge is 0.145 e. The quantitative estimate of drug-likeness (QED) is 0.792. The molecule has 0 heterocycles. The van der Waals surface area contributed by atoms with Crippen LogP contribution in [0.5, 0.6) is 0 Å². The molecular weight excluding hydrogens is 221 g/mol. The normalized spacial score (nSPS) is 10.5. The van der Waals surface area contributed by atoms with Crippen LogP contribution < -0.4 is 5.73 Å². The van der Waals surface area contributed by atoms with Gasteiger partial charge < -0.3 is 5.73 Å². The number of benzene rings is 1. The number of hydrogen-bond donors (Lipinski definition) is 1. The first-order chi connectivity index (χ1) is 6.75. The van der Waals surface area contributed by atoms with Gasteiger partial charge in [0, 0.05) is 5.75 Å². The summed E-state index contributed by atoms with van der Waals surface area (Å²) in [5.41, 5.74) is 6.02. The zero-order chi connectivity index (χ0) is 10.4. The Hall–Kier alpha value is -0.250. The molecule has 78 valence electrons. The van der Waals surface area contributed by atoms with E-state index >= 15 is 0 Å². The molecule has 4 heteroatoms. The molecule has 1 aromatic carbocycles. The highest BCUT2D eigenvalue weighted by molar-refractivity contribution is 7.98. The van der Waals surface area contributed by atoms with Gasteiger partial charge in [0.2, 0.25) is 0 Å². The Balaban J connectivity index is 2.46. The van der Waals surface area contributed by atoms with Crippen molar-refractivity contribution in [1.29, 1.82) is 0 Å². The van der Waals surface area contributed by atoms with Crippen molar-refractivity contribution in [3.8, 4) is 0 Å². The Labute approximate surface area is 92.8 Å². The summed E-state index contributed by atoms with van der Waals surface area (Å²) in [6.07, 6.45) is 0.965. The molecule has 0 aliphatic rings. The summed E-state index contributed by atoms with van der Waals surface area (Å²) >= 11 is 7.32. The topological polar surface area (TPSA) is 26.0 Å². The second-order valence-corrected chi connectivity index (χ2v) is 4.42. The van der Waals surface area contributed by atoms with Crippen LogP contribution in [-0.2, 0) is 5.75 Å². The monoisotopic (exact) mass is 233 g/mol. The highest BCUT2D eigenvalue weighted by atomic mass is 35.5.